The van der Waals surface area contributed by atoms with Gasteiger partial charge in [-0.1, -0.05) is 38.5 Å². The molecule has 9 heteroatoms. The van der Waals surface area contributed by atoms with Gasteiger partial charge in [0, 0.05) is 35.0 Å². The Morgan fingerprint density at radius 1 is 1.19 bits per heavy atom. The lowest BCUT2D eigenvalue weighted by atomic mass is 10.00. The second-order valence-electron chi connectivity index (χ2n) is 8.69. The highest BCUT2D eigenvalue weighted by molar-refractivity contribution is 8.00. The summed E-state index contributed by atoms with van der Waals surface area (Å²) in [4.78, 5) is 28.0. The molecule has 1 aliphatic carbocycles. The van der Waals surface area contributed by atoms with Gasteiger partial charge in [-0.2, -0.15) is 13.2 Å². The highest BCUT2D eigenvalue weighted by Gasteiger charge is 2.34. The van der Waals surface area contributed by atoms with Gasteiger partial charge in [0.1, 0.15) is 4.83 Å². The summed E-state index contributed by atoms with van der Waals surface area (Å²) in [6, 6.07) is 5.57. The lowest BCUT2D eigenvalue weighted by Gasteiger charge is -2.25. The van der Waals surface area contributed by atoms with E-state index in [4.69, 9.17) is 0 Å². The molecule has 172 valence electrons. The van der Waals surface area contributed by atoms with Crippen LogP contribution < -0.4 is 11.2 Å². The van der Waals surface area contributed by atoms with Crippen molar-refractivity contribution in [2.24, 2.45) is 13.0 Å². The zero-order valence-electron chi connectivity index (χ0n) is 18.2. The molecule has 32 heavy (non-hydrogen) atoms. The van der Waals surface area contributed by atoms with Gasteiger partial charge in [-0.05, 0) is 30.4 Å². The van der Waals surface area contributed by atoms with Crippen LogP contribution in [0.5, 0.6) is 0 Å². The molecule has 0 unspecified atom stereocenters. The van der Waals surface area contributed by atoms with Crippen LogP contribution in [0.4, 0.5) is 13.2 Å². The van der Waals surface area contributed by atoms with Crippen molar-refractivity contribution in [3.63, 3.8) is 0 Å². The smallest absolute Gasteiger partial charge is 0.284 e. The lowest BCUT2D eigenvalue weighted by molar-refractivity contribution is -0.138. The number of thiophene rings is 1. The molecule has 0 atom stereocenters. The van der Waals surface area contributed by atoms with E-state index >= 15 is 0 Å². The van der Waals surface area contributed by atoms with Crippen molar-refractivity contribution >= 4 is 33.3 Å². The van der Waals surface area contributed by atoms with Crippen molar-refractivity contribution in [1.29, 1.82) is 0 Å². The average Bonchev–Trinajstić information content (AvgIpc) is 3.03. The molecule has 0 amide bonds. The van der Waals surface area contributed by atoms with E-state index < -0.39 is 11.7 Å². The molecule has 0 N–H and O–H groups in total. The molecule has 4 nitrogen and oxygen atoms in total. The van der Waals surface area contributed by atoms with Gasteiger partial charge >= 0.3 is 11.9 Å². The molecule has 0 aliphatic heterocycles. The first-order valence-electron chi connectivity index (χ1n) is 10.6. The standard InChI is InChI=1S/C23H25F3N2O2S2/c1-13(2)12-28-21-18(20(29)27(3)22(28)30)19(31-15-8-6-9-15)17(32-21)11-14-7-4-5-10-16(14)23(24,25)26/h4-5,7,10,13,15H,6,8-9,11-12H2,1-3H3. The number of benzene rings is 1. The lowest BCUT2D eigenvalue weighted by Crippen LogP contribution is -2.38. The van der Waals surface area contributed by atoms with Gasteiger partial charge in [-0.25, -0.2) is 4.79 Å². The van der Waals surface area contributed by atoms with Crippen LogP contribution in [0, 0.1) is 5.92 Å². The number of aromatic nitrogens is 2. The van der Waals surface area contributed by atoms with Gasteiger partial charge in [0.2, 0.25) is 0 Å². The second kappa shape index (κ2) is 8.74. The fourth-order valence-electron chi connectivity index (χ4n) is 3.90. The molecule has 0 saturated heterocycles. The average molecular weight is 483 g/mol. The largest absolute Gasteiger partial charge is 0.416 e. The van der Waals surface area contributed by atoms with E-state index in [2.05, 4.69) is 0 Å². The fourth-order valence-corrected chi connectivity index (χ4v) is 6.85. The van der Waals surface area contributed by atoms with Crippen LogP contribution in [0.3, 0.4) is 0 Å². The Hall–Kier alpha value is -2.00. The fraction of sp³-hybridized carbons (Fsp3) is 0.478. The van der Waals surface area contributed by atoms with Gasteiger partial charge in [0.15, 0.2) is 0 Å². The summed E-state index contributed by atoms with van der Waals surface area (Å²) in [5, 5.41) is 0.814. The van der Waals surface area contributed by atoms with Crippen LogP contribution >= 0.6 is 23.1 Å². The molecule has 1 aliphatic rings. The van der Waals surface area contributed by atoms with Gasteiger partial charge in [0.05, 0.1) is 10.9 Å². The summed E-state index contributed by atoms with van der Waals surface area (Å²) in [7, 11) is 1.47. The van der Waals surface area contributed by atoms with Crippen LogP contribution in [0.25, 0.3) is 10.2 Å². The molecular weight excluding hydrogens is 457 g/mol. The van der Waals surface area contributed by atoms with Crippen molar-refractivity contribution in [2.45, 2.75) is 62.4 Å². The number of fused-ring (bicyclic) bond motifs is 1. The van der Waals surface area contributed by atoms with Crippen molar-refractivity contribution in [2.75, 3.05) is 0 Å². The minimum Gasteiger partial charge on any atom is -0.284 e. The highest BCUT2D eigenvalue weighted by atomic mass is 32.2. The Bertz CT molecular complexity index is 1270. The molecule has 1 fully saturated rings. The second-order valence-corrected chi connectivity index (χ2v) is 11.1. The zero-order chi connectivity index (χ0) is 23.2. The van der Waals surface area contributed by atoms with E-state index in [0.717, 1.165) is 34.8 Å². The molecule has 0 bridgehead atoms. The van der Waals surface area contributed by atoms with E-state index in [1.54, 1.807) is 22.4 Å². The third kappa shape index (κ3) is 4.29. The van der Waals surface area contributed by atoms with E-state index in [1.165, 1.54) is 30.5 Å². The van der Waals surface area contributed by atoms with Gasteiger partial charge in [0.25, 0.3) is 5.56 Å². The monoisotopic (exact) mass is 482 g/mol. The van der Waals surface area contributed by atoms with E-state index in [0.29, 0.717) is 26.9 Å². The summed E-state index contributed by atoms with van der Waals surface area (Å²) in [5.41, 5.74) is -1.25. The summed E-state index contributed by atoms with van der Waals surface area (Å²) < 4.78 is 43.5. The van der Waals surface area contributed by atoms with E-state index in [1.807, 2.05) is 13.8 Å². The number of halogens is 3. The molecule has 3 aromatic rings. The Kier molecular flexibility index (Phi) is 6.33. The maximum absolute atomic E-state index is 13.6. The number of hydrogen-bond acceptors (Lipinski definition) is 4. The van der Waals surface area contributed by atoms with Crippen LogP contribution in [0.1, 0.15) is 49.1 Å². The molecular formula is C23H25F3N2O2S2. The number of rotatable bonds is 6. The van der Waals surface area contributed by atoms with Crippen molar-refractivity contribution in [3.8, 4) is 0 Å². The minimum absolute atomic E-state index is 0.0725. The van der Waals surface area contributed by atoms with Crippen LogP contribution in [-0.4, -0.2) is 14.4 Å². The quantitative estimate of drug-likeness (QED) is 0.455. The van der Waals surface area contributed by atoms with Crippen LogP contribution in [-0.2, 0) is 26.2 Å². The Balaban J connectivity index is 1.95. The molecule has 2 aromatic heterocycles. The number of nitrogens with zero attached hydrogens (tertiary/aromatic N) is 2. The molecule has 0 radical (unpaired) electrons. The summed E-state index contributed by atoms with van der Waals surface area (Å²) in [5.74, 6) is 0.174. The number of thioether (sulfide) groups is 1. The Morgan fingerprint density at radius 2 is 1.88 bits per heavy atom. The van der Waals surface area contributed by atoms with E-state index in [-0.39, 0.29) is 29.2 Å². The molecule has 2 heterocycles. The Morgan fingerprint density at radius 3 is 2.47 bits per heavy atom. The van der Waals surface area contributed by atoms with Crippen molar-refractivity contribution in [1.82, 2.24) is 9.13 Å². The normalized spacial score (nSPS) is 15.0. The Labute approximate surface area is 192 Å². The minimum atomic E-state index is -4.45. The van der Waals surface area contributed by atoms with Crippen LogP contribution in [0.2, 0.25) is 0 Å². The summed E-state index contributed by atoms with van der Waals surface area (Å²) in [6.45, 7) is 4.42. The molecule has 1 aromatic carbocycles. The third-order valence-corrected chi connectivity index (χ3v) is 8.59. The van der Waals surface area contributed by atoms with Gasteiger partial charge < -0.3 is 0 Å². The van der Waals surface area contributed by atoms with Gasteiger partial charge in [-0.15, -0.1) is 23.1 Å². The van der Waals surface area contributed by atoms with Crippen LogP contribution in [0.15, 0.2) is 38.8 Å². The molecule has 0 spiro atoms. The predicted molar refractivity (Wildman–Crippen MR) is 124 cm³/mol. The molecule has 1 saturated carbocycles. The highest BCUT2D eigenvalue weighted by Crippen LogP contribution is 2.45. The first kappa shape index (κ1) is 23.2. The zero-order valence-corrected chi connectivity index (χ0v) is 19.8. The number of alkyl halides is 3. The maximum atomic E-state index is 13.6. The SMILES string of the molecule is CC(C)Cn1c(=O)n(C)c(=O)c2c(SC3CCC3)c(Cc3ccccc3C(F)(F)F)sc21. The summed E-state index contributed by atoms with van der Waals surface area (Å²) in [6.07, 6.45) is -1.23. The first-order valence-corrected chi connectivity index (χ1v) is 12.3. The first-order chi connectivity index (χ1) is 15.1. The summed E-state index contributed by atoms with van der Waals surface area (Å²) >= 11 is 2.86. The van der Waals surface area contributed by atoms with E-state index in [9.17, 15) is 22.8 Å². The third-order valence-electron chi connectivity index (χ3n) is 5.75. The predicted octanol–water partition coefficient (Wildman–Crippen LogP) is 5.67. The maximum Gasteiger partial charge on any atom is 0.416 e. The van der Waals surface area contributed by atoms with Crippen molar-refractivity contribution in [3.05, 3.63) is 61.1 Å². The topological polar surface area (TPSA) is 44.0 Å². The number of hydrogen-bond donors (Lipinski definition) is 0. The molecule has 4 rings (SSSR count). The van der Waals surface area contributed by atoms with Crippen molar-refractivity contribution < 1.29 is 13.2 Å². The van der Waals surface area contributed by atoms with Gasteiger partial charge in [-0.3, -0.25) is 13.9 Å².